The number of anilines is 1. The van der Waals surface area contributed by atoms with E-state index in [9.17, 15) is 0 Å². The van der Waals surface area contributed by atoms with Crippen molar-refractivity contribution in [2.24, 2.45) is 0 Å². The summed E-state index contributed by atoms with van der Waals surface area (Å²) < 4.78 is 5.64. The van der Waals surface area contributed by atoms with Crippen LogP contribution in [-0.4, -0.2) is 28.8 Å². The lowest BCUT2D eigenvalue weighted by molar-refractivity contribution is 0.328. The number of nitrogens with zero attached hydrogens (tertiary/aromatic N) is 2. The molecule has 0 saturated heterocycles. The van der Waals surface area contributed by atoms with Crippen LogP contribution in [0.1, 0.15) is 32.0 Å². The number of pyridine rings is 2. The summed E-state index contributed by atoms with van der Waals surface area (Å²) in [4.78, 5) is 8.93. The van der Waals surface area contributed by atoms with Gasteiger partial charge in [-0.15, -0.1) is 0 Å². The minimum absolute atomic E-state index is 0.0882. The van der Waals surface area contributed by atoms with Crippen molar-refractivity contribution in [2.45, 2.75) is 33.7 Å². The van der Waals surface area contributed by atoms with Crippen molar-refractivity contribution >= 4 is 11.9 Å². The van der Waals surface area contributed by atoms with Crippen molar-refractivity contribution < 1.29 is 4.74 Å². The summed E-state index contributed by atoms with van der Waals surface area (Å²) in [6.07, 6.45) is 6.86. The van der Waals surface area contributed by atoms with Crippen molar-refractivity contribution in [1.29, 1.82) is 5.41 Å². The first kappa shape index (κ1) is 19.4. The van der Waals surface area contributed by atoms with Gasteiger partial charge in [0.2, 0.25) is 5.88 Å². The maximum atomic E-state index is 7.72. The summed E-state index contributed by atoms with van der Waals surface area (Å²) in [5.74, 6) is 0.543. The van der Waals surface area contributed by atoms with Crippen LogP contribution in [0, 0.1) is 12.3 Å². The average molecular weight is 350 g/mol. The summed E-state index contributed by atoms with van der Waals surface area (Å²) >= 11 is 0. The zero-order valence-corrected chi connectivity index (χ0v) is 15.8. The number of hydrogen-bond acceptors (Lipinski definition) is 5. The van der Waals surface area contributed by atoms with Gasteiger partial charge in [-0.05, 0) is 57.0 Å². The molecule has 0 radical (unpaired) electrons. The number of rotatable bonds is 8. The molecule has 0 aliphatic heterocycles. The largest absolute Gasteiger partial charge is 0.477 e. The Balaban J connectivity index is 2.53. The molecule has 1 atom stereocenters. The second-order valence-electron chi connectivity index (χ2n) is 5.86. The predicted octanol–water partition coefficient (Wildman–Crippen LogP) is 4.78. The molecule has 0 saturated carbocycles. The van der Waals surface area contributed by atoms with Gasteiger partial charge in [0.05, 0.1) is 23.6 Å². The molecule has 26 heavy (non-hydrogen) atoms. The van der Waals surface area contributed by atoms with Gasteiger partial charge in [-0.3, -0.25) is 0 Å². The van der Waals surface area contributed by atoms with Crippen LogP contribution in [0.3, 0.4) is 0 Å². The summed E-state index contributed by atoms with van der Waals surface area (Å²) in [7, 11) is 0. The van der Waals surface area contributed by atoms with E-state index in [0.717, 1.165) is 28.1 Å². The average Bonchev–Trinajstić information content (AvgIpc) is 2.65. The fourth-order valence-corrected chi connectivity index (χ4v) is 2.76. The van der Waals surface area contributed by atoms with Crippen molar-refractivity contribution in [2.75, 3.05) is 11.9 Å². The molecule has 2 heterocycles. The fourth-order valence-electron chi connectivity index (χ4n) is 2.76. The van der Waals surface area contributed by atoms with Gasteiger partial charge >= 0.3 is 0 Å². The van der Waals surface area contributed by atoms with Crippen LogP contribution in [0.4, 0.5) is 5.69 Å². The highest BCUT2D eigenvalue weighted by atomic mass is 16.5. The topological polar surface area (TPSA) is 70.9 Å². The molecule has 0 aliphatic rings. The maximum Gasteiger partial charge on any atom is 0.222 e. The van der Waals surface area contributed by atoms with Gasteiger partial charge in [-0.1, -0.05) is 18.7 Å². The van der Waals surface area contributed by atoms with Crippen molar-refractivity contribution in [1.82, 2.24) is 9.97 Å². The summed E-state index contributed by atoms with van der Waals surface area (Å²) in [6.45, 7) is 12.3. The standard InChI is InChI=1S/C21H26N4O/c1-6-16(7-2)15(5)24-18-12-19(25-20(13-22)14(18)4)17-10-9-11-23-21(17)26-8-3/h6-7,9-13,15,22H,1,8H2,2-5H3,(H,24,25)/b16-7+,22-13?. The fraction of sp³-hybridized carbons (Fsp3) is 0.286. The monoisotopic (exact) mass is 350 g/mol. The van der Waals surface area contributed by atoms with Crippen LogP contribution in [0.25, 0.3) is 11.3 Å². The van der Waals surface area contributed by atoms with E-state index >= 15 is 0 Å². The van der Waals surface area contributed by atoms with Gasteiger partial charge in [-0.25, -0.2) is 9.97 Å². The van der Waals surface area contributed by atoms with E-state index in [0.29, 0.717) is 18.2 Å². The SMILES string of the molecule is C=C/C(=C\C)C(C)Nc1cc(-c2cccnc2OCC)nc(C=N)c1C. The lowest BCUT2D eigenvalue weighted by atomic mass is 10.0. The Labute approximate surface area is 155 Å². The molecule has 5 heteroatoms. The molecule has 2 rings (SSSR count). The zero-order chi connectivity index (χ0) is 19.1. The van der Waals surface area contributed by atoms with E-state index < -0.39 is 0 Å². The number of hydrogen-bond donors (Lipinski definition) is 2. The first-order valence-electron chi connectivity index (χ1n) is 8.71. The number of allylic oxidation sites excluding steroid dienone is 1. The lowest BCUT2D eigenvalue weighted by Gasteiger charge is -2.20. The van der Waals surface area contributed by atoms with Crippen LogP contribution in [0.15, 0.2) is 48.7 Å². The highest BCUT2D eigenvalue weighted by molar-refractivity contribution is 5.83. The van der Waals surface area contributed by atoms with E-state index in [1.165, 1.54) is 6.21 Å². The molecular formula is C21H26N4O. The normalized spacial score (nSPS) is 12.4. The van der Waals surface area contributed by atoms with Gasteiger partial charge in [0, 0.05) is 24.1 Å². The lowest BCUT2D eigenvalue weighted by Crippen LogP contribution is -2.18. The molecular weight excluding hydrogens is 324 g/mol. The minimum atomic E-state index is 0.0882. The maximum absolute atomic E-state index is 7.72. The molecule has 0 amide bonds. The smallest absolute Gasteiger partial charge is 0.222 e. The quantitative estimate of drug-likeness (QED) is 0.531. The third-order valence-electron chi connectivity index (χ3n) is 4.22. The summed E-state index contributed by atoms with van der Waals surface area (Å²) in [6, 6.07) is 5.85. The third kappa shape index (κ3) is 4.17. The highest BCUT2D eigenvalue weighted by Gasteiger charge is 2.15. The van der Waals surface area contributed by atoms with Crippen molar-refractivity contribution in [3.05, 3.63) is 60.0 Å². The molecule has 2 N–H and O–H groups in total. The molecule has 136 valence electrons. The van der Waals surface area contributed by atoms with Crippen molar-refractivity contribution in [3.8, 4) is 17.1 Å². The third-order valence-corrected chi connectivity index (χ3v) is 4.22. The minimum Gasteiger partial charge on any atom is -0.477 e. The van der Waals surface area contributed by atoms with Crippen molar-refractivity contribution in [3.63, 3.8) is 0 Å². The van der Waals surface area contributed by atoms with Gasteiger partial charge in [-0.2, -0.15) is 0 Å². The molecule has 1 unspecified atom stereocenters. The summed E-state index contributed by atoms with van der Waals surface area (Å²) in [5, 5.41) is 11.2. The Kier molecular flexibility index (Phi) is 6.67. The highest BCUT2D eigenvalue weighted by Crippen LogP contribution is 2.31. The molecule has 5 nitrogen and oxygen atoms in total. The first-order valence-corrected chi connectivity index (χ1v) is 8.71. The molecule has 0 aliphatic carbocycles. The molecule has 0 bridgehead atoms. The van der Waals surface area contributed by atoms with E-state index in [2.05, 4.69) is 28.8 Å². The van der Waals surface area contributed by atoms with E-state index in [1.54, 1.807) is 6.20 Å². The van der Waals surface area contributed by atoms with Crippen LogP contribution in [-0.2, 0) is 0 Å². The predicted molar refractivity (Wildman–Crippen MR) is 108 cm³/mol. The molecule has 2 aromatic heterocycles. The molecule has 0 fully saturated rings. The van der Waals surface area contributed by atoms with E-state index in [-0.39, 0.29) is 6.04 Å². The second-order valence-corrected chi connectivity index (χ2v) is 5.86. The number of aromatic nitrogens is 2. The molecule has 0 aromatic carbocycles. The van der Waals surface area contributed by atoms with Crippen LogP contribution in [0.2, 0.25) is 0 Å². The molecule has 0 spiro atoms. The Morgan fingerprint density at radius 2 is 2.23 bits per heavy atom. The zero-order valence-electron chi connectivity index (χ0n) is 15.8. The van der Waals surface area contributed by atoms with Crippen LogP contribution < -0.4 is 10.1 Å². The summed E-state index contributed by atoms with van der Waals surface area (Å²) in [5.41, 5.74) is 5.11. The number of ether oxygens (including phenoxy) is 1. The van der Waals surface area contributed by atoms with Crippen LogP contribution >= 0.6 is 0 Å². The molecule has 2 aromatic rings. The van der Waals surface area contributed by atoms with Gasteiger partial charge in [0.25, 0.3) is 0 Å². The Morgan fingerprint density at radius 3 is 2.85 bits per heavy atom. The number of nitrogens with one attached hydrogen (secondary N) is 2. The first-order chi connectivity index (χ1) is 12.5. The Hall–Kier alpha value is -2.95. The Bertz CT molecular complexity index is 827. The van der Waals surface area contributed by atoms with E-state index in [4.69, 9.17) is 10.1 Å². The van der Waals surface area contributed by atoms with E-state index in [1.807, 2.05) is 51.1 Å². The Morgan fingerprint density at radius 1 is 1.46 bits per heavy atom. The van der Waals surface area contributed by atoms with Gasteiger partial charge in [0.15, 0.2) is 0 Å². The van der Waals surface area contributed by atoms with Gasteiger partial charge in [0.1, 0.15) is 0 Å². The second kappa shape index (κ2) is 8.94. The van der Waals surface area contributed by atoms with Gasteiger partial charge < -0.3 is 15.5 Å². The van der Waals surface area contributed by atoms with Crippen LogP contribution in [0.5, 0.6) is 5.88 Å².